The molecule has 2 nitrogen and oxygen atoms in total. The van der Waals surface area contributed by atoms with E-state index in [4.69, 9.17) is 5.73 Å². The summed E-state index contributed by atoms with van der Waals surface area (Å²) in [6.07, 6.45) is 3.65. The van der Waals surface area contributed by atoms with E-state index in [9.17, 15) is 0 Å². The minimum Gasteiger partial charge on any atom is -0.327 e. The van der Waals surface area contributed by atoms with Crippen molar-refractivity contribution in [1.29, 1.82) is 0 Å². The highest BCUT2D eigenvalue weighted by Gasteiger charge is 2.46. The lowest BCUT2D eigenvalue weighted by Gasteiger charge is -2.17. The summed E-state index contributed by atoms with van der Waals surface area (Å²) >= 11 is 1.83. The lowest BCUT2D eigenvalue weighted by atomic mass is 9.95. The normalized spacial score (nSPS) is 20.9. The second-order valence-electron chi connectivity index (χ2n) is 4.58. The molecule has 1 heterocycles. The van der Waals surface area contributed by atoms with Gasteiger partial charge in [-0.25, -0.2) is 4.98 Å². The van der Waals surface area contributed by atoms with Crippen molar-refractivity contribution in [3.8, 4) is 0 Å². The predicted molar refractivity (Wildman–Crippen MR) is 60.6 cm³/mol. The Bertz CT molecular complexity index is 318. The van der Waals surface area contributed by atoms with Crippen LogP contribution in [0.25, 0.3) is 0 Å². The Morgan fingerprint density at radius 1 is 1.50 bits per heavy atom. The molecule has 1 atom stereocenters. The molecule has 1 aromatic rings. The lowest BCUT2D eigenvalue weighted by molar-refractivity contribution is 0.418. The van der Waals surface area contributed by atoms with Gasteiger partial charge in [-0.2, -0.15) is 0 Å². The number of rotatable bonds is 3. The fraction of sp³-hybridized carbons (Fsp3) is 0.727. The molecule has 1 fully saturated rings. The van der Waals surface area contributed by atoms with Crippen molar-refractivity contribution in [2.24, 2.45) is 11.1 Å². The van der Waals surface area contributed by atoms with E-state index >= 15 is 0 Å². The maximum atomic E-state index is 6.00. The molecule has 0 bridgehead atoms. The smallest absolute Gasteiger partial charge is 0.0937 e. The Labute approximate surface area is 89.5 Å². The first-order chi connectivity index (χ1) is 6.53. The van der Waals surface area contributed by atoms with E-state index in [-0.39, 0.29) is 0 Å². The molecule has 78 valence electrons. The standard InChI is InChI=1S/C11H18N2S/c1-7-8(2)14-10(13-7)6-11(4-5-11)9(3)12/h9H,4-6,12H2,1-3H3. The zero-order valence-electron chi connectivity index (χ0n) is 9.13. The van der Waals surface area contributed by atoms with Gasteiger partial charge >= 0.3 is 0 Å². The molecule has 1 aliphatic carbocycles. The molecule has 0 aromatic carbocycles. The van der Waals surface area contributed by atoms with Gasteiger partial charge in [-0.05, 0) is 39.0 Å². The van der Waals surface area contributed by atoms with Gasteiger partial charge in [0.15, 0.2) is 0 Å². The summed E-state index contributed by atoms with van der Waals surface area (Å²) in [6, 6.07) is 0.312. The van der Waals surface area contributed by atoms with Crippen molar-refractivity contribution in [3.63, 3.8) is 0 Å². The Morgan fingerprint density at radius 2 is 2.14 bits per heavy atom. The van der Waals surface area contributed by atoms with Gasteiger partial charge in [0.25, 0.3) is 0 Å². The Hall–Kier alpha value is -0.410. The van der Waals surface area contributed by atoms with Gasteiger partial charge < -0.3 is 5.73 Å². The van der Waals surface area contributed by atoms with Gasteiger partial charge in [-0.3, -0.25) is 0 Å². The molecule has 3 heteroatoms. The average molecular weight is 210 g/mol. The largest absolute Gasteiger partial charge is 0.327 e. The van der Waals surface area contributed by atoms with Gasteiger partial charge in [0.1, 0.15) is 0 Å². The van der Waals surface area contributed by atoms with E-state index in [1.165, 1.54) is 28.4 Å². The van der Waals surface area contributed by atoms with Gasteiger partial charge in [0.05, 0.1) is 10.7 Å². The zero-order valence-corrected chi connectivity index (χ0v) is 9.95. The van der Waals surface area contributed by atoms with Crippen LogP contribution in [0.15, 0.2) is 0 Å². The first-order valence-electron chi connectivity index (χ1n) is 5.22. The number of aryl methyl sites for hydroxylation is 2. The fourth-order valence-corrected chi connectivity index (χ4v) is 2.96. The van der Waals surface area contributed by atoms with Crippen LogP contribution in [0.5, 0.6) is 0 Å². The molecule has 0 amide bonds. The molecule has 0 spiro atoms. The van der Waals surface area contributed by atoms with E-state index < -0.39 is 0 Å². The highest BCUT2D eigenvalue weighted by Crippen LogP contribution is 2.50. The summed E-state index contributed by atoms with van der Waals surface area (Å²) in [5.41, 5.74) is 7.57. The number of hydrogen-bond acceptors (Lipinski definition) is 3. The Balaban J connectivity index is 2.11. The molecule has 14 heavy (non-hydrogen) atoms. The summed E-state index contributed by atoms with van der Waals surface area (Å²) in [7, 11) is 0. The third kappa shape index (κ3) is 1.71. The third-order valence-corrected chi connectivity index (χ3v) is 4.51. The first kappa shape index (κ1) is 10.1. The van der Waals surface area contributed by atoms with Crippen molar-refractivity contribution in [3.05, 3.63) is 15.6 Å². The molecule has 1 aliphatic rings. The maximum Gasteiger partial charge on any atom is 0.0937 e. The van der Waals surface area contributed by atoms with Crippen molar-refractivity contribution >= 4 is 11.3 Å². The van der Waals surface area contributed by atoms with E-state index in [1.807, 2.05) is 11.3 Å². The molecule has 0 aliphatic heterocycles. The van der Waals surface area contributed by atoms with Gasteiger partial charge in [0.2, 0.25) is 0 Å². The molecule has 2 N–H and O–H groups in total. The molecule has 1 saturated carbocycles. The monoisotopic (exact) mass is 210 g/mol. The highest BCUT2D eigenvalue weighted by atomic mass is 32.1. The van der Waals surface area contributed by atoms with Crippen LogP contribution in [0, 0.1) is 19.3 Å². The second-order valence-corrected chi connectivity index (χ2v) is 5.86. The summed E-state index contributed by atoms with van der Waals surface area (Å²) in [6.45, 7) is 6.35. The Kier molecular flexibility index (Phi) is 2.40. The molecular formula is C11H18N2S. The molecular weight excluding hydrogens is 192 g/mol. The minimum atomic E-state index is 0.312. The van der Waals surface area contributed by atoms with Gasteiger partial charge in [-0.15, -0.1) is 11.3 Å². The van der Waals surface area contributed by atoms with Crippen LogP contribution in [-0.2, 0) is 6.42 Å². The number of hydrogen-bond donors (Lipinski definition) is 1. The molecule has 0 radical (unpaired) electrons. The van der Waals surface area contributed by atoms with Crippen LogP contribution in [0.4, 0.5) is 0 Å². The third-order valence-electron chi connectivity index (χ3n) is 3.43. The number of thiazole rings is 1. The SMILES string of the molecule is Cc1nc(CC2(C(C)N)CC2)sc1C. The van der Waals surface area contributed by atoms with Crippen LogP contribution >= 0.6 is 11.3 Å². The van der Waals surface area contributed by atoms with Crippen LogP contribution in [0.3, 0.4) is 0 Å². The summed E-state index contributed by atoms with van der Waals surface area (Å²) in [5.74, 6) is 0. The van der Waals surface area contributed by atoms with Crippen molar-refractivity contribution in [2.75, 3.05) is 0 Å². The molecule has 1 unspecified atom stereocenters. The number of nitrogens with two attached hydrogens (primary N) is 1. The first-order valence-corrected chi connectivity index (χ1v) is 6.04. The van der Waals surface area contributed by atoms with Gasteiger partial charge in [0, 0.05) is 17.3 Å². The molecule has 2 rings (SSSR count). The van der Waals surface area contributed by atoms with E-state index in [0.29, 0.717) is 11.5 Å². The maximum absolute atomic E-state index is 6.00. The van der Waals surface area contributed by atoms with E-state index in [1.54, 1.807) is 0 Å². The van der Waals surface area contributed by atoms with Crippen molar-refractivity contribution < 1.29 is 0 Å². The van der Waals surface area contributed by atoms with E-state index in [2.05, 4.69) is 25.8 Å². The molecule has 1 aromatic heterocycles. The summed E-state index contributed by atoms with van der Waals surface area (Å²) in [5, 5.41) is 1.27. The topological polar surface area (TPSA) is 38.9 Å². The van der Waals surface area contributed by atoms with Crippen LogP contribution in [0.2, 0.25) is 0 Å². The molecule has 0 saturated heterocycles. The zero-order chi connectivity index (χ0) is 10.3. The predicted octanol–water partition coefficient (Wildman–Crippen LogP) is 2.43. The summed E-state index contributed by atoms with van der Waals surface area (Å²) < 4.78 is 0. The fourth-order valence-electron chi connectivity index (χ4n) is 1.87. The summed E-state index contributed by atoms with van der Waals surface area (Å²) in [4.78, 5) is 5.93. The minimum absolute atomic E-state index is 0.312. The lowest BCUT2D eigenvalue weighted by Crippen LogP contribution is -2.29. The van der Waals surface area contributed by atoms with Crippen molar-refractivity contribution in [1.82, 2.24) is 4.98 Å². The van der Waals surface area contributed by atoms with Crippen LogP contribution in [-0.4, -0.2) is 11.0 Å². The number of aromatic nitrogens is 1. The van der Waals surface area contributed by atoms with E-state index in [0.717, 1.165) is 6.42 Å². The highest BCUT2D eigenvalue weighted by molar-refractivity contribution is 7.11. The second kappa shape index (κ2) is 3.31. The van der Waals surface area contributed by atoms with Crippen molar-refractivity contribution in [2.45, 2.75) is 46.1 Å². The quantitative estimate of drug-likeness (QED) is 0.832. The van der Waals surface area contributed by atoms with Gasteiger partial charge in [-0.1, -0.05) is 0 Å². The van der Waals surface area contributed by atoms with Crippen LogP contribution in [0.1, 0.15) is 35.3 Å². The van der Waals surface area contributed by atoms with Crippen LogP contribution < -0.4 is 5.73 Å². The Morgan fingerprint density at radius 3 is 2.50 bits per heavy atom. The number of nitrogens with zero attached hydrogens (tertiary/aromatic N) is 1. The average Bonchev–Trinajstić information content (AvgIpc) is 2.78.